The summed E-state index contributed by atoms with van der Waals surface area (Å²) in [4.78, 5) is 1.93. The van der Waals surface area contributed by atoms with Gasteiger partial charge in [-0.25, -0.2) is 8.42 Å². The van der Waals surface area contributed by atoms with E-state index < -0.39 is 9.84 Å². The number of hydrogen-bond acceptors (Lipinski definition) is 5. The van der Waals surface area contributed by atoms with Crippen molar-refractivity contribution in [1.29, 1.82) is 0 Å². The van der Waals surface area contributed by atoms with E-state index in [9.17, 15) is 8.42 Å². The third kappa shape index (κ3) is 3.19. The molecule has 104 valence electrons. The van der Waals surface area contributed by atoms with Crippen LogP contribution >= 0.6 is 15.9 Å². The number of amidine groups is 1. The average molecular weight is 348 g/mol. The Labute approximate surface area is 119 Å². The number of rotatable bonds is 2. The van der Waals surface area contributed by atoms with Gasteiger partial charge in [-0.1, -0.05) is 21.1 Å². The van der Waals surface area contributed by atoms with E-state index in [1.54, 1.807) is 12.1 Å². The molecule has 1 saturated heterocycles. The molecule has 0 unspecified atom stereocenters. The smallest absolute Gasteiger partial charge is 0.172 e. The molecule has 1 aromatic carbocycles. The molecule has 0 atom stereocenters. The van der Waals surface area contributed by atoms with Gasteiger partial charge in [-0.2, -0.15) is 0 Å². The number of halogens is 1. The highest BCUT2D eigenvalue weighted by Gasteiger charge is 2.24. The van der Waals surface area contributed by atoms with Crippen molar-refractivity contribution in [2.24, 2.45) is 10.9 Å². The van der Waals surface area contributed by atoms with Crippen molar-refractivity contribution in [2.75, 3.05) is 29.5 Å². The van der Waals surface area contributed by atoms with Gasteiger partial charge in [-0.3, -0.25) is 0 Å². The van der Waals surface area contributed by atoms with Crippen LogP contribution in [0, 0.1) is 0 Å². The number of hydrogen-bond donors (Lipinski definition) is 2. The summed E-state index contributed by atoms with van der Waals surface area (Å²) in [6.45, 7) is 0.814. The summed E-state index contributed by atoms with van der Waals surface area (Å²) in [5, 5.41) is 11.8. The molecule has 0 bridgehead atoms. The molecule has 1 aliphatic rings. The summed E-state index contributed by atoms with van der Waals surface area (Å²) >= 11 is 3.37. The standard InChI is InChI=1S/C11H14BrN3O3S/c12-8-1-2-9(11(13)14-16)10(7-8)15-3-5-19(17,18)6-4-15/h1-2,7,16H,3-6H2,(H2,13,14). The molecule has 19 heavy (non-hydrogen) atoms. The zero-order valence-corrected chi connectivity index (χ0v) is 12.5. The Bertz CT molecular complexity index is 602. The van der Waals surface area contributed by atoms with Crippen molar-refractivity contribution in [1.82, 2.24) is 0 Å². The van der Waals surface area contributed by atoms with Crippen LogP contribution in [0.4, 0.5) is 5.69 Å². The summed E-state index contributed by atoms with van der Waals surface area (Å²) in [5.41, 5.74) is 7.00. The third-order valence-corrected chi connectivity index (χ3v) is 5.13. The van der Waals surface area contributed by atoms with Gasteiger partial charge >= 0.3 is 0 Å². The summed E-state index contributed by atoms with van der Waals surface area (Å²) in [6.07, 6.45) is 0. The minimum Gasteiger partial charge on any atom is -0.409 e. The number of nitrogens with two attached hydrogens (primary N) is 1. The topological polar surface area (TPSA) is 96.0 Å². The molecule has 8 heteroatoms. The van der Waals surface area contributed by atoms with Crippen LogP contribution in [0.1, 0.15) is 5.56 Å². The van der Waals surface area contributed by atoms with Crippen LogP contribution in [-0.2, 0) is 9.84 Å². The highest BCUT2D eigenvalue weighted by Crippen LogP contribution is 2.26. The molecule has 1 heterocycles. The van der Waals surface area contributed by atoms with E-state index in [0.717, 1.165) is 10.2 Å². The van der Waals surface area contributed by atoms with Crippen molar-refractivity contribution in [3.8, 4) is 0 Å². The van der Waals surface area contributed by atoms with Crippen LogP contribution in [0.15, 0.2) is 27.8 Å². The van der Waals surface area contributed by atoms with Gasteiger partial charge in [-0.15, -0.1) is 0 Å². The van der Waals surface area contributed by atoms with E-state index in [4.69, 9.17) is 10.9 Å². The maximum Gasteiger partial charge on any atom is 0.172 e. The second-order valence-electron chi connectivity index (χ2n) is 4.29. The maximum atomic E-state index is 11.4. The highest BCUT2D eigenvalue weighted by molar-refractivity contribution is 9.10. The van der Waals surface area contributed by atoms with Crippen LogP contribution in [0.25, 0.3) is 0 Å². The van der Waals surface area contributed by atoms with Gasteiger partial charge in [0.15, 0.2) is 15.7 Å². The Balaban J connectivity index is 2.36. The quantitative estimate of drug-likeness (QED) is 0.356. The predicted molar refractivity (Wildman–Crippen MR) is 77.5 cm³/mol. The van der Waals surface area contributed by atoms with Gasteiger partial charge < -0.3 is 15.8 Å². The Morgan fingerprint density at radius 3 is 2.58 bits per heavy atom. The van der Waals surface area contributed by atoms with Crippen molar-refractivity contribution in [2.45, 2.75) is 0 Å². The lowest BCUT2D eigenvalue weighted by Crippen LogP contribution is -2.41. The van der Waals surface area contributed by atoms with E-state index in [2.05, 4.69) is 21.1 Å². The molecule has 0 aliphatic carbocycles. The van der Waals surface area contributed by atoms with E-state index in [1.165, 1.54) is 0 Å². The van der Waals surface area contributed by atoms with E-state index >= 15 is 0 Å². The lowest BCUT2D eigenvalue weighted by molar-refractivity contribution is 0.318. The summed E-state index contributed by atoms with van der Waals surface area (Å²) in [6, 6.07) is 5.36. The fourth-order valence-electron chi connectivity index (χ4n) is 1.99. The predicted octanol–water partition coefficient (Wildman–Crippen LogP) is 0.778. The molecule has 2 rings (SSSR count). The summed E-state index contributed by atoms with van der Waals surface area (Å²) in [7, 11) is -2.94. The minimum atomic E-state index is -2.94. The fourth-order valence-corrected chi connectivity index (χ4v) is 3.54. The molecule has 0 aromatic heterocycles. The number of nitrogens with zero attached hydrogens (tertiary/aromatic N) is 2. The first-order chi connectivity index (χ1) is 8.93. The van der Waals surface area contributed by atoms with Gasteiger partial charge in [0.1, 0.15) is 0 Å². The van der Waals surface area contributed by atoms with E-state index in [0.29, 0.717) is 18.7 Å². The molecule has 3 N–H and O–H groups in total. The van der Waals surface area contributed by atoms with Gasteiger partial charge in [0.25, 0.3) is 0 Å². The average Bonchev–Trinajstić information content (AvgIpc) is 2.38. The molecular weight excluding hydrogens is 334 g/mol. The molecule has 0 spiro atoms. The van der Waals surface area contributed by atoms with Crippen LogP contribution in [0.5, 0.6) is 0 Å². The van der Waals surface area contributed by atoms with Gasteiger partial charge in [0.2, 0.25) is 0 Å². The Morgan fingerprint density at radius 1 is 1.37 bits per heavy atom. The van der Waals surface area contributed by atoms with Crippen LogP contribution in [0.2, 0.25) is 0 Å². The molecule has 1 aromatic rings. The largest absolute Gasteiger partial charge is 0.409 e. The van der Waals surface area contributed by atoms with Crippen LogP contribution in [0.3, 0.4) is 0 Å². The Hall–Kier alpha value is -1.28. The Kier molecular flexibility index (Phi) is 4.00. The van der Waals surface area contributed by atoms with Crippen molar-refractivity contribution in [3.63, 3.8) is 0 Å². The summed E-state index contributed by atoms with van der Waals surface area (Å²) in [5.74, 6) is 0.250. The number of oxime groups is 1. The first-order valence-corrected chi connectivity index (χ1v) is 8.27. The second kappa shape index (κ2) is 5.38. The molecule has 6 nitrogen and oxygen atoms in total. The first-order valence-electron chi connectivity index (χ1n) is 5.66. The molecule has 0 saturated carbocycles. The monoisotopic (exact) mass is 347 g/mol. The number of benzene rings is 1. The van der Waals surface area contributed by atoms with E-state index in [-0.39, 0.29) is 17.3 Å². The summed E-state index contributed by atoms with van der Waals surface area (Å²) < 4.78 is 23.7. The van der Waals surface area contributed by atoms with Gasteiger partial charge in [-0.05, 0) is 18.2 Å². The third-order valence-electron chi connectivity index (χ3n) is 3.03. The zero-order chi connectivity index (χ0) is 14.0. The molecule has 0 amide bonds. The lowest BCUT2D eigenvalue weighted by atomic mass is 10.1. The normalized spacial score (nSPS) is 19.4. The van der Waals surface area contributed by atoms with Crippen molar-refractivity contribution >= 4 is 37.3 Å². The minimum absolute atomic E-state index is 0.0101. The Morgan fingerprint density at radius 2 is 2.00 bits per heavy atom. The van der Waals surface area contributed by atoms with Gasteiger partial charge in [0.05, 0.1) is 11.5 Å². The van der Waals surface area contributed by atoms with Crippen LogP contribution < -0.4 is 10.6 Å². The molecular formula is C11H14BrN3O3S. The lowest BCUT2D eigenvalue weighted by Gasteiger charge is -2.30. The SMILES string of the molecule is N/C(=N/O)c1ccc(Br)cc1N1CCS(=O)(=O)CC1. The molecule has 1 fully saturated rings. The second-order valence-corrected chi connectivity index (χ2v) is 7.50. The highest BCUT2D eigenvalue weighted by atomic mass is 79.9. The number of sulfone groups is 1. The fraction of sp³-hybridized carbons (Fsp3) is 0.364. The molecule has 1 aliphatic heterocycles. The maximum absolute atomic E-state index is 11.4. The van der Waals surface area contributed by atoms with Gasteiger partial charge in [0, 0.05) is 28.8 Å². The van der Waals surface area contributed by atoms with Crippen molar-refractivity contribution in [3.05, 3.63) is 28.2 Å². The van der Waals surface area contributed by atoms with E-state index in [1.807, 2.05) is 11.0 Å². The zero-order valence-electron chi connectivity index (χ0n) is 10.1. The van der Waals surface area contributed by atoms with Crippen LogP contribution in [-0.4, -0.2) is 44.1 Å². The first kappa shape index (κ1) is 14.1. The number of anilines is 1. The van der Waals surface area contributed by atoms with Crippen molar-refractivity contribution < 1.29 is 13.6 Å². The molecule has 0 radical (unpaired) electrons.